The van der Waals surface area contributed by atoms with Crippen molar-refractivity contribution in [2.24, 2.45) is 0 Å². The van der Waals surface area contributed by atoms with E-state index in [0.29, 0.717) is 12.2 Å². The Balaban J connectivity index is 1.44. The van der Waals surface area contributed by atoms with E-state index in [2.05, 4.69) is 20.5 Å². The van der Waals surface area contributed by atoms with Crippen molar-refractivity contribution in [1.82, 2.24) is 20.5 Å². The molecular weight excluding hydrogens is 387 g/mol. The summed E-state index contributed by atoms with van der Waals surface area (Å²) >= 11 is 1.48. The van der Waals surface area contributed by atoms with Crippen LogP contribution in [-0.4, -0.2) is 27.6 Å². The molecule has 146 valence electrons. The third-order valence-corrected chi connectivity index (χ3v) is 5.72. The quantitative estimate of drug-likeness (QED) is 0.491. The molecule has 0 spiro atoms. The summed E-state index contributed by atoms with van der Waals surface area (Å²) < 4.78 is 13.1. The van der Waals surface area contributed by atoms with Gasteiger partial charge in [0.2, 0.25) is 0 Å². The number of aromatic amines is 1. The first-order valence-corrected chi connectivity index (χ1v) is 10.0. The van der Waals surface area contributed by atoms with Gasteiger partial charge < -0.3 is 5.32 Å². The lowest BCUT2D eigenvalue weighted by Gasteiger charge is -2.03. The number of rotatable bonds is 6. The van der Waals surface area contributed by atoms with E-state index in [1.165, 1.54) is 29.0 Å². The molecule has 0 aliphatic rings. The zero-order valence-corrected chi connectivity index (χ0v) is 16.6. The molecule has 0 saturated carbocycles. The lowest BCUT2D eigenvalue weighted by atomic mass is 10.1. The van der Waals surface area contributed by atoms with Crippen LogP contribution in [-0.2, 0) is 6.42 Å². The highest BCUT2D eigenvalue weighted by atomic mass is 32.1. The number of aryl methyl sites for hydroxylation is 1. The van der Waals surface area contributed by atoms with Crippen LogP contribution in [0.4, 0.5) is 4.39 Å². The maximum absolute atomic E-state index is 13.1. The molecule has 0 bridgehead atoms. The van der Waals surface area contributed by atoms with Crippen LogP contribution in [0.2, 0.25) is 0 Å². The number of amides is 1. The highest BCUT2D eigenvalue weighted by molar-refractivity contribution is 7.18. The predicted molar refractivity (Wildman–Crippen MR) is 112 cm³/mol. The molecule has 0 atom stereocenters. The third-order valence-electron chi connectivity index (χ3n) is 4.48. The largest absolute Gasteiger partial charge is 0.350 e. The zero-order valence-electron chi connectivity index (χ0n) is 15.8. The van der Waals surface area contributed by atoms with Crippen LogP contribution in [0.15, 0.2) is 60.7 Å². The van der Waals surface area contributed by atoms with Gasteiger partial charge in [-0.15, -0.1) is 11.3 Å². The van der Waals surface area contributed by atoms with E-state index in [4.69, 9.17) is 0 Å². The number of halogens is 1. The van der Waals surface area contributed by atoms with Crippen molar-refractivity contribution in [3.63, 3.8) is 0 Å². The summed E-state index contributed by atoms with van der Waals surface area (Å²) in [7, 11) is 0. The monoisotopic (exact) mass is 406 g/mol. The minimum atomic E-state index is -0.279. The Bertz CT molecular complexity index is 1120. The van der Waals surface area contributed by atoms with Gasteiger partial charge in [-0.05, 0) is 49.2 Å². The molecule has 7 heteroatoms. The highest BCUT2D eigenvalue weighted by Crippen LogP contribution is 2.34. The summed E-state index contributed by atoms with van der Waals surface area (Å²) in [6, 6.07) is 18.0. The van der Waals surface area contributed by atoms with Gasteiger partial charge in [0, 0.05) is 12.1 Å². The number of aromatic nitrogens is 3. The van der Waals surface area contributed by atoms with Gasteiger partial charge in [-0.3, -0.25) is 9.89 Å². The van der Waals surface area contributed by atoms with Crippen LogP contribution >= 0.6 is 11.3 Å². The topological polar surface area (TPSA) is 70.7 Å². The SMILES string of the molecule is Cc1nc(-c2ccc(F)cc2)sc1-c1cc(C(=O)NCCc2ccccc2)n[nH]1. The Morgan fingerprint density at radius 1 is 1.14 bits per heavy atom. The third kappa shape index (κ3) is 4.41. The first-order valence-electron chi connectivity index (χ1n) is 9.21. The number of thiazole rings is 1. The molecule has 2 aromatic carbocycles. The maximum atomic E-state index is 13.1. The van der Waals surface area contributed by atoms with E-state index >= 15 is 0 Å². The molecule has 4 aromatic rings. The van der Waals surface area contributed by atoms with Crippen molar-refractivity contribution in [1.29, 1.82) is 0 Å². The molecule has 0 radical (unpaired) electrons. The van der Waals surface area contributed by atoms with E-state index < -0.39 is 0 Å². The van der Waals surface area contributed by atoms with Crippen LogP contribution in [0.3, 0.4) is 0 Å². The van der Waals surface area contributed by atoms with Gasteiger partial charge in [-0.1, -0.05) is 30.3 Å². The summed E-state index contributed by atoms with van der Waals surface area (Å²) in [5.74, 6) is -0.497. The van der Waals surface area contributed by atoms with E-state index in [1.54, 1.807) is 18.2 Å². The number of benzene rings is 2. The second kappa shape index (κ2) is 8.36. The molecule has 1 amide bonds. The predicted octanol–water partition coefficient (Wildman–Crippen LogP) is 4.62. The Morgan fingerprint density at radius 2 is 1.90 bits per heavy atom. The van der Waals surface area contributed by atoms with Crippen molar-refractivity contribution in [3.05, 3.63) is 83.4 Å². The van der Waals surface area contributed by atoms with Gasteiger partial charge in [0.15, 0.2) is 5.69 Å². The first-order chi connectivity index (χ1) is 14.1. The van der Waals surface area contributed by atoms with Crippen LogP contribution in [0.5, 0.6) is 0 Å². The normalized spacial score (nSPS) is 10.8. The lowest BCUT2D eigenvalue weighted by molar-refractivity contribution is 0.0949. The number of nitrogens with zero attached hydrogens (tertiary/aromatic N) is 2. The molecule has 0 aliphatic carbocycles. The van der Waals surface area contributed by atoms with Crippen LogP contribution < -0.4 is 5.32 Å². The molecule has 2 aromatic heterocycles. The van der Waals surface area contributed by atoms with Crippen LogP contribution in [0.1, 0.15) is 21.7 Å². The Labute approximate surface area is 171 Å². The number of hydrogen-bond acceptors (Lipinski definition) is 4. The fraction of sp³-hybridized carbons (Fsp3) is 0.136. The number of carbonyl (C=O) groups excluding carboxylic acids is 1. The fourth-order valence-electron chi connectivity index (χ4n) is 2.97. The molecule has 5 nitrogen and oxygen atoms in total. The molecule has 2 N–H and O–H groups in total. The molecular formula is C22H19FN4OS. The fourth-order valence-corrected chi connectivity index (χ4v) is 4.01. The van der Waals surface area contributed by atoms with E-state index in [0.717, 1.165) is 33.3 Å². The second-order valence-corrected chi connectivity index (χ2v) is 7.60. The molecule has 0 unspecified atom stereocenters. The van der Waals surface area contributed by atoms with Gasteiger partial charge in [0.25, 0.3) is 5.91 Å². The van der Waals surface area contributed by atoms with Crippen LogP contribution in [0, 0.1) is 12.7 Å². The Morgan fingerprint density at radius 3 is 2.66 bits per heavy atom. The van der Waals surface area contributed by atoms with E-state index in [1.807, 2.05) is 37.3 Å². The zero-order chi connectivity index (χ0) is 20.2. The average molecular weight is 406 g/mol. The van der Waals surface area contributed by atoms with Gasteiger partial charge in [0.05, 0.1) is 16.3 Å². The van der Waals surface area contributed by atoms with Gasteiger partial charge >= 0.3 is 0 Å². The molecule has 4 rings (SSSR count). The summed E-state index contributed by atoms with van der Waals surface area (Å²) in [6.07, 6.45) is 0.763. The molecule has 0 fully saturated rings. The number of H-pyrrole nitrogens is 1. The van der Waals surface area contributed by atoms with Gasteiger partial charge in [0.1, 0.15) is 10.8 Å². The molecule has 2 heterocycles. The summed E-state index contributed by atoms with van der Waals surface area (Å²) in [5, 5.41) is 10.8. The Kier molecular flexibility index (Phi) is 5.48. The first kappa shape index (κ1) is 19.0. The van der Waals surface area contributed by atoms with Crippen molar-refractivity contribution in [2.75, 3.05) is 6.54 Å². The van der Waals surface area contributed by atoms with Crippen molar-refractivity contribution >= 4 is 17.2 Å². The second-order valence-electron chi connectivity index (χ2n) is 6.60. The molecule has 0 aliphatic heterocycles. The molecule has 0 saturated heterocycles. The van der Waals surface area contributed by atoms with Gasteiger partial charge in [-0.25, -0.2) is 9.37 Å². The smallest absolute Gasteiger partial charge is 0.271 e. The number of hydrogen-bond donors (Lipinski definition) is 2. The summed E-state index contributed by atoms with van der Waals surface area (Å²) in [4.78, 5) is 17.9. The van der Waals surface area contributed by atoms with E-state index in [9.17, 15) is 9.18 Å². The van der Waals surface area contributed by atoms with Crippen molar-refractivity contribution in [2.45, 2.75) is 13.3 Å². The summed E-state index contributed by atoms with van der Waals surface area (Å²) in [5.41, 5.74) is 3.92. The average Bonchev–Trinajstić information content (AvgIpc) is 3.36. The maximum Gasteiger partial charge on any atom is 0.271 e. The van der Waals surface area contributed by atoms with Crippen molar-refractivity contribution < 1.29 is 9.18 Å². The highest BCUT2D eigenvalue weighted by Gasteiger charge is 2.16. The molecule has 29 heavy (non-hydrogen) atoms. The number of nitrogens with one attached hydrogen (secondary N) is 2. The Hall–Kier alpha value is -3.32. The van der Waals surface area contributed by atoms with E-state index in [-0.39, 0.29) is 11.7 Å². The standard InChI is InChI=1S/C22H19FN4OS/c1-14-20(29-22(25-14)16-7-9-17(23)10-8-16)18-13-19(27-26-18)21(28)24-12-11-15-5-3-2-4-6-15/h2-10,13H,11-12H2,1H3,(H,24,28)(H,26,27). The lowest BCUT2D eigenvalue weighted by Crippen LogP contribution is -2.25. The van der Waals surface area contributed by atoms with Crippen molar-refractivity contribution in [3.8, 4) is 21.1 Å². The van der Waals surface area contributed by atoms with Gasteiger partial charge in [-0.2, -0.15) is 5.10 Å². The van der Waals surface area contributed by atoms with Crippen LogP contribution in [0.25, 0.3) is 21.1 Å². The summed E-state index contributed by atoms with van der Waals surface area (Å²) in [6.45, 7) is 2.44. The minimum Gasteiger partial charge on any atom is -0.350 e. The number of carbonyl (C=O) groups is 1. The minimum absolute atomic E-state index is 0.218.